The Morgan fingerprint density at radius 2 is 2.20 bits per heavy atom. The number of hydrogen-bond acceptors (Lipinski definition) is 6. The zero-order chi connectivity index (χ0) is 20.9. The second kappa shape index (κ2) is 7.03. The Balaban J connectivity index is 1.50. The van der Waals surface area contributed by atoms with Gasteiger partial charge in [0.1, 0.15) is 24.1 Å². The van der Waals surface area contributed by atoms with Crippen molar-refractivity contribution in [1.82, 2.24) is 19.5 Å². The highest BCUT2D eigenvalue weighted by Gasteiger charge is 2.32. The fourth-order valence-corrected chi connectivity index (χ4v) is 4.23. The van der Waals surface area contributed by atoms with Gasteiger partial charge in [-0.25, -0.2) is 13.4 Å². The summed E-state index contributed by atoms with van der Waals surface area (Å²) in [5, 5.41) is 7.73. The number of ether oxygens (including phenoxy) is 1. The number of amidine groups is 1. The van der Waals surface area contributed by atoms with E-state index in [0.717, 1.165) is 29.0 Å². The number of aliphatic imine (C=N–C) groups is 1. The summed E-state index contributed by atoms with van der Waals surface area (Å²) in [6.07, 6.45) is 11.6. The number of nitrogens with zero attached hydrogens (tertiary/aromatic N) is 6. The van der Waals surface area contributed by atoms with Crippen LogP contribution in [0.5, 0.6) is 5.88 Å². The molecule has 30 heavy (non-hydrogen) atoms. The van der Waals surface area contributed by atoms with Crippen molar-refractivity contribution in [3.05, 3.63) is 48.6 Å². The first kappa shape index (κ1) is 19.0. The van der Waals surface area contributed by atoms with E-state index in [0.29, 0.717) is 29.3 Å². The van der Waals surface area contributed by atoms with E-state index >= 15 is 0 Å². The summed E-state index contributed by atoms with van der Waals surface area (Å²) in [5.41, 5.74) is 2.78. The number of quaternary nitrogens is 1. The van der Waals surface area contributed by atoms with Crippen molar-refractivity contribution in [2.75, 3.05) is 39.6 Å². The van der Waals surface area contributed by atoms with Gasteiger partial charge in [-0.05, 0) is 25.6 Å². The predicted molar refractivity (Wildman–Crippen MR) is 114 cm³/mol. The van der Waals surface area contributed by atoms with Crippen LogP contribution in [-0.4, -0.2) is 76.3 Å². The Bertz CT molecular complexity index is 1120. The molecule has 1 N–H and O–H groups in total. The molecule has 1 saturated heterocycles. The van der Waals surface area contributed by atoms with Crippen molar-refractivity contribution in [2.24, 2.45) is 4.99 Å². The second-order valence-electron chi connectivity index (χ2n) is 8.14. The molecule has 1 unspecified atom stereocenters. The Hall–Kier alpha value is -3.04. The number of halogens is 1. The zero-order valence-corrected chi connectivity index (χ0v) is 17.3. The van der Waals surface area contributed by atoms with Crippen molar-refractivity contribution in [1.29, 1.82) is 0 Å². The van der Waals surface area contributed by atoms with Crippen LogP contribution in [0.1, 0.15) is 12.0 Å². The normalized spacial score (nSPS) is 28.4. The molecule has 1 fully saturated rings. The fourth-order valence-electron chi connectivity index (χ4n) is 4.23. The molecule has 156 valence electrons. The molecule has 5 rings (SSSR count). The van der Waals surface area contributed by atoms with Gasteiger partial charge in [0.05, 0.1) is 26.4 Å². The van der Waals surface area contributed by atoms with E-state index in [1.54, 1.807) is 11.6 Å². The van der Waals surface area contributed by atoms with Crippen LogP contribution >= 0.6 is 0 Å². The van der Waals surface area contributed by atoms with Gasteiger partial charge in [-0.1, -0.05) is 0 Å². The average Bonchev–Trinajstić information content (AvgIpc) is 3.32. The highest BCUT2D eigenvalue weighted by atomic mass is 19.1. The molecule has 2 aromatic heterocycles. The van der Waals surface area contributed by atoms with E-state index in [-0.39, 0.29) is 6.04 Å². The monoisotopic (exact) mass is 410 g/mol. The Labute approximate surface area is 174 Å². The lowest BCUT2D eigenvalue weighted by Crippen LogP contribution is -2.46. The van der Waals surface area contributed by atoms with Crippen molar-refractivity contribution in [3.63, 3.8) is 0 Å². The largest absolute Gasteiger partial charge is 0.479 e. The summed E-state index contributed by atoms with van der Waals surface area (Å²) in [4.78, 5) is 10.9. The number of fused-ring (bicyclic) bond motifs is 2. The van der Waals surface area contributed by atoms with Crippen molar-refractivity contribution in [3.8, 4) is 5.88 Å². The summed E-state index contributed by atoms with van der Waals surface area (Å²) in [7, 11) is 5.59. The van der Waals surface area contributed by atoms with Crippen LogP contribution in [0.4, 0.5) is 10.3 Å². The maximum absolute atomic E-state index is 14.4. The topological polar surface area (TPSA) is 67.0 Å². The molecule has 0 aromatic carbocycles. The van der Waals surface area contributed by atoms with Crippen LogP contribution < -0.4 is 10.1 Å². The van der Waals surface area contributed by atoms with Crippen molar-refractivity contribution >= 4 is 22.9 Å². The minimum Gasteiger partial charge on any atom is -0.479 e. The van der Waals surface area contributed by atoms with E-state index < -0.39 is 6.17 Å². The third-order valence-electron chi connectivity index (χ3n) is 5.94. The minimum absolute atomic E-state index is 0.313. The van der Waals surface area contributed by atoms with Gasteiger partial charge < -0.3 is 15.0 Å². The number of anilines is 1. The molecular formula is C21H25FN7O+. The first-order valence-electron chi connectivity index (χ1n) is 10.0. The molecule has 3 aliphatic heterocycles. The van der Waals surface area contributed by atoms with Gasteiger partial charge in [0.2, 0.25) is 17.7 Å². The Morgan fingerprint density at radius 1 is 1.33 bits per heavy atom. The first-order chi connectivity index (χ1) is 14.5. The molecule has 0 amide bonds. The lowest BCUT2D eigenvalue weighted by molar-refractivity contribution is -0.702. The van der Waals surface area contributed by atoms with Gasteiger partial charge in [-0.3, -0.25) is 0 Å². The predicted octanol–water partition coefficient (Wildman–Crippen LogP) is 2.43. The SMILES string of the molecule is COc1nc(N[C@H]2CCN(C)C[C@H]2F)nn2ccc(C3=C[N+]4(C)C=CN=C4C=C3)c12. The fraction of sp³-hybridized carbons (Fsp3) is 0.381. The number of likely N-dealkylation sites (tertiary alicyclic amines) is 1. The van der Waals surface area contributed by atoms with E-state index in [4.69, 9.17) is 4.74 Å². The van der Waals surface area contributed by atoms with Gasteiger partial charge in [0.25, 0.3) is 0 Å². The van der Waals surface area contributed by atoms with Crippen LogP contribution in [0, 0.1) is 0 Å². The van der Waals surface area contributed by atoms with Gasteiger partial charge in [-0.15, -0.1) is 5.10 Å². The quantitative estimate of drug-likeness (QED) is 0.785. The third-order valence-corrected chi connectivity index (χ3v) is 5.94. The lowest BCUT2D eigenvalue weighted by Gasteiger charge is -2.32. The van der Waals surface area contributed by atoms with E-state index in [9.17, 15) is 4.39 Å². The Morgan fingerprint density at radius 3 is 3.00 bits per heavy atom. The minimum atomic E-state index is -0.972. The second-order valence-corrected chi connectivity index (χ2v) is 8.14. The van der Waals surface area contributed by atoms with E-state index in [1.807, 2.05) is 48.8 Å². The number of rotatable bonds is 4. The maximum atomic E-state index is 14.4. The number of alkyl halides is 1. The van der Waals surface area contributed by atoms with Crippen LogP contribution in [0.25, 0.3) is 11.1 Å². The van der Waals surface area contributed by atoms with Crippen molar-refractivity contribution < 1.29 is 13.6 Å². The zero-order valence-electron chi connectivity index (χ0n) is 17.3. The number of hydrogen-bond donors (Lipinski definition) is 1. The molecular weight excluding hydrogens is 385 g/mol. The number of allylic oxidation sites excluding steroid dienone is 2. The number of methoxy groups -OCH3 is 1. The van der Waals surface area contributed by atoms with E-state index in [2.05, 4.69) is 33.6 Å². The number of aromatic nitrogens is 3. The maximum Gasteiger partial charge on any atom is 0.244 e. The van der Waals surface area contributed by atoms with Gasteiger partial charge in [-0.2, -0.15) is 9.98 Å². The highest BCUT2D eigenvalue weighted by molar-refractivity contribution is 5.97. The van der Waals surface area contributed by atoms with Crippen LogP contribution in [-0.2, 0) is 0 Å². The average molecular weight is 410 g/mol. The molecule has 0 aliphatic carbocycles. The molecule has 8 nitrogen and oxygen atoms in total. The standard InChI is InChI=1S/C21H25FN7O/c1-27-9-7-17(16(22)12-27)24-21-25-20(30-3)19-15(6-10-28(19)26-21)14-4-5-18-23-8-11-29(18,2)13-14/h4-6,8,10-11,13,16-17H,7,9,12H2,1-3H3,(H,24,26)/q+1/t16-,17+,29?/m1/s1. The van der Waals surface area contributed by atoms with Gasteiger partial charge >= 0.3 is 0 Å². The summed E-state index contributed by atoms with van der Waals surface area (Å²) in [6, 6.07) is 1.68. The summed E-state index contributed by atoms with van der Waals surface area (Å²) < 4.78 is 22.3. The molecule has 0 bridgehead atoms. The first-order valence-corrected chi connectivity index (χ1v) is 10.0. The molecule has 0 spiro atoms. The van der Waals surface area contributed by atoms with Crippen LogP contribution in [0.15, 0.2) is 48.0 Å². The molecule has 3 aliphatic rings. The number of likely N-dealkylation sites (N-methyl/N-ethyl adjacent to an activating group) is 1. The molecule has 2 aromatic rings. The molecule has 3 atom stereocenters. The van der Waals surface area contributed by atoms with Crippen LogP contribution in [0.2, 0.25) is 0 Å². The molecule has 5 heterocycles. The summed E-state index contributed by atoms with van der Waals surface area (Å²) in [5.74, 6) is 1.78. The lowest BCUT2D eigenvalue weighted by atomic mass is 10.0. The Kier molecular flexibility index (Phi) is 4.44. The third kappa shape index (κ3) is 3.10. The molecule has 9 heteroatoms. The van der Waals surface area contributed by atoms with Gasteiger partial charge in [0, 0.05) is 36.5 Å². The smallest absolute Gasteiger partial charge is 0.244 e. The molecule has 0 saturated carbocycles. The number of nitrogens with one attached hydrogen (secondary N) is 1. The summed E-state index contributed by atoms with van der Waals surface area (Å²) in [6.45, 7) is 1.24. The van der Waals surface area contributed by atoms with Crippen LogP contribution in [0.3, 0.4) is 0 Å². The highest BCUT2D eigenvalue weighted by Crippen LogP contribution is 2.33. The molecule has 0 radical (unpaired) electrons. The van der Waals surface area contributed by atoms with Crippen molar-refractivity contribution in [2.45, 2.75) is 18.6 Å². The number of piperidine rings is 1. The van der Waals surface area contributed by atoms with E-state index in [1.165, 1.54) is 0 Å². The summed E-state index contributed by atoms with van der Waals surface area (Å²) >= 11 is 0. The van der Waals surface area contributed by atoms with Gasteiger partial charge in [0.15, 0.2) is 0 Å².